The molecule has 2 aromatic rings. The molecule has 7 nitrogen and oxygen atoms in total. The molecule has 0 spiro atoms. The van der Waals surface area contributed by atoms with Crippen LogP contribution in [0.2, 0.25) is 0 Å². The molecular formula is C22H33N5O2S. The predicted molar refractivity (Wildman–Crippen MR) is 119 cm³/mol. The molecule has 164 valence electrons. The van der Waals surface area contributed by atoms with Crippen molar-refractivity contribution in [2.75, 3.05) is 19.6 Å². The second-order valence-corrected chi connectivity index (χ2v) is 9.72. The van der Waals surface area contributed by atoms with Crippen LogP contribution in [0.4, 0.5) is 0 Å². The van der Waals surface area contributed by atoms with Gasteiger partial charge in [0, 0.05) is 56.3 Å². The smallest absolute Gasteiger partial charge is 0.274 e. The van der Waals surface area contributed by atoms with Gasteiger partial charge in [-0.3, -0.25) is 18.9 Å². The highest BCUT2D eigenvalue weighted by Gasteiger charge is 2.29. The van der Waals surface area contributed by atoms with Crippen LogP contribution in [0.3, 0.4) is 0 Å². The van der Waals surface area contributed by atoms with Crippen LogP contribution in [-0.2, 0) is 11.3 Å². The zero-order valence-corrected chi connectivity index (χ0v) is 18.9. The summed E-state index contributed by atoms with van der Waals surface area (Å²) in [5.74, 6) is 0.210. The summed E-state index contributed by atoms with van der Waals surface area (Å²) in [5.41, 5.74) is 1.57. The number of hydrogen-bond acceptors (Lipinski definition) is 5. The number of nitrogens with one attached hydrogen (secondary N) is 1. The molecule has 1 N–H and O–H groups in total. The van der Waals surface area contributed by atoms with E-state index in [-0.39, 0.29) is 17.9 Å². The first kappa shape index (κ1) is 21.3. The molecule has 2 aromatic heterocycles. The third-order valence-electron chi connectivity index (χ3n) is 6.33. The molecule has 0 saturated carbocycles. The van der Waals surface area contributed by atoms with Gasteiger partial charge < -0.3 is 10.2 Å². The van der Waals surface area contributed by atoms with Gasteiger partial charge in [-0.1, -0.05) is 19.3 Å². The van der Waals surface area contributed by atoms with E-state index in [1.54, 1.807) is 11.3 Å². The van der Waals surface area contributed by atoms with Crippen molar-refractivity contribution < 1.29 is 9.59 Å². The van der Waals surface area contributed by atoms with E-state index in [0.717, 1.165) is 49.6 Å². The molecule has 0 aromatic carbocycles. The predicted octanol–water partition coefficient (Wildman–Crippen LogP) is 3.29. The van der Waals surface area contributed by atoms with Crippen LogP contribution in [0.15, 0.2) is 11.6 Å². The Morgan fingerprint density at radius 2 is 2.00 bits per heavy atom. The van der Waals surface area contributed by atoms with Gasteiger partial charge in [-0.05, 0) is 33.1 Å². The van der Waals surface area contributed by atoms with E-state index in [2.05, 4.69) is 28.5 Å². The fraction of sp³-hybridized carbons (Fsp3) is 0.682. The molecule has 0 unspecified atom stereocenters. The van der Waals surface area contributed by atoms with Gasteiger partial charge in [0.1, 0.15) is 0 Å². The average molecular weight is 432 g/mol. The Morgan fingerprint density at radius 1 is 1.27 bits per heavy atom. The summed E-state index contributed by atoms with van der Waals surface area (Å²) in [6.45, 7) is 7.43. The molecular weight excluding hydrogens is 398 g/mol. The van der Waals surface area contributed by atoms with Crippen molar-refractivity contribution in [2.24, 2.45) is 0 Å². The molecule has 8 heteroatoms. The summed E-state index contributed by atoms with van der Waals surface area (Å²) >= 11 is 1.57. The molecule has 4 rings (SSSR count). The minimum Gasteiger partial charge on any atom is -0.352 e. The number of thiazole rings is 1. The summed E-state index contributed by atoms with van der Waals surface area (Å²) in [5, 5.41) is 5.10. The topological polar surface area (TPSA) is 70.0 Å². The molecule has 2 aliphatic rings. The fourth-order valence-electron chi connectivity index (χ4n) is 4.50. The molecule has 1 atom stereocenters. The van der Waals surface area contributed by atoms with E-state index in [1.165, 1.54) is 19.3 Å². The monoisotopic (exact) mass is 431 g/mol. The van der Waals surface area contributed by atoms with Crippen molar-refractivity contribution in [1.29, 1.82) is 0 Å². The number of hydrogen-bond donors (Lipinski definition) is 1. The van der Waals surface area contributed by atoms with Gasteiger partial charge in [0.2, 0.25) is 5.91 Å². The lowest BCUT2D eigenvalue weighted by Gasteiger charge is -2.29. The van der Waals surface area contributed by atoms with Gasteiger partial charge in [-0.25, -0.2) is 4.98 Å². The third kappa shape index (κ3) is 4.70. The average Bonchev–Trinajstić information content (AvgIpc) is 3.38. The normalized spacial score (nSPS) is 20.7. The van der Waals surface area contributed by atoms with E-state index in [0.29, 0.717) is 24.7 Å². The minimum absolute atomic E-state index is 0.0701. The Morgan fingerprint density at radius 3 is 2.67 bits per heavy atom. The van der Waals surface area contributed by atoms with E-state index in [9.17, 15) is 9.59 Å². The Hall–Kier alpha value is -1.93. The second-order valence-electron chi connectivity index (χ2n) is 8.85. The Kier molecular flexibility index (Phi) is 6.73. The number of carbonyl (C=O) groups excluding carboxylic acids is 2. The van der Waals surface area contributed by atoms with E-state index in [1.807, 2.05) is 16.5 Å². The zero-order chi connectivity index (χ0) is 21.1. The minimum atomic E-state index is 0.0701. The van der Waals surface area contributed by atoms with Gasteiger partial charge in [0.25, 0.3) is 5.91 Å². The lowest BCUT2D eigenvalue weighted by atomic mass is 10.1. The number of carbonyl (C=O) groups is 2. The van der Waals surface area contributed by atoms with Crippen LogP contribution in [0.1, 0.15) is 75.0 Å². The summed E-state index contributed by atoms with van der Waals surface area (Å²) in [4.78, 5) is 35.1. The van der Waals surface area contributed by atoms with Crippen LogP contribution in [0, 0.1) is 0 Å². The van der Waals surface area contributed by atoms with Crippen LogP contribution < -0.4 is 5.32 Å². The molecule has 2 aliphatic heterocycles. The van der Waals surface area contributed by atoms with Gasteiger partial charge >= 0.3 is 0 Å². The number of likely N-dealkylation sites (tertiary alicyclic amines) is 1. The van der Waals surface area contributed by atoms with Gasteiger partial charge in [-0.15, -0.1) is 11.3 Å². The highest BCUT2D eigenvalue weighted by Crippen LogP contribution is 2.23. The van der Waals surface area contributed by atoms with Crippen molar-refractivity contribution in [3.8, 4) is 0 Å². The molecule has 30 heavy (non-hydrogen) atoms. The second kappa shape index (κ2) is 9.47. The van der Waals surface area contributed by atoms with Gasteiger partial charge in [0.15, 0.2) is 10.7 Å². The van der Waals surface area contributed by atoms with Gasteiger partial charge in [-0.2, -0.15) is 0 Å². The van der Waals surface area contributed by atoms with Crippen LogP contribution in [0.5, 0.6) is 0 Å². The number of fused-ring (bicyclic) bond motifs is 1. The highest BCUT2D eigenvalue weighted by molar-refractivity contribution is 7.15. The quantitative estimate of drug-likeness (QED) is 0.762. The SMILES string of the molecule is CC(C)N(Cc1c(C(=O)N2CCCCCCC2)nc2sccn12)C[C@H]1CCC(=O)N1. The highest BCUT2D eigenvalue weighted by atomic mass is 32.1. The Bertz CT molecular complexity index is 881. The number of amides is 2. The molecule has 0 radical (unpaired) electrons. The van der Waals surface area contributed by atoms with Crippen LogP contribution in [0.25, 0.3) is 4.96 Å². The number of rotatable bonds is 6. The molecule has 2 saturated heterocycles. The molecule has 4 heterocycles. The lowest BCUT2D eigenvalue weighted by Crippen LogP contribution is -2.42. The molecule has 0 aliphatic carbocycles. The standard InChI is InChI=1S/C22H33N5O2S/c1-16(2)26(14-17-8-9-19(28)23-17)15-18-20(24-22-27(18)12-13-30-22)21(29)25-10-6-4-3-5-7-11-25/h12-13,16-17H,3-11,14-15H2,1-2H3,(H,23,28)/t17-/m1/s1. The molecule has 0 bridgehead atoms. The zero-order valence-electron chi connectivity index (χ0n) is 18.1. The molecule has 2 fully saturated rings. The first-order valence-corrected chi connectivity index (χ1v) is 12.2. The third-order valence-corrected chi connectivity index (χ3v) is 7.09. The van der Waals surface area contributed by atoms with Crippen LogP contribution in [-0.4, -0.2) is 62.7 Å². The van der Waals surface area contributed by atoms with E-state index in [4.69, 9.17) is 4.98 Å². The first-order chi connectivity index (χ1) is 14.5. The molecule has 2 amide bonds. The van der Waals surface area contributed by atoms with E-state index >= 15 is 0 Å². The summed E-state index contributed by atoms with van der Waals surface area (Å²) < 4.78 is 2.07. The first-order valence-electron chi connectivity index (χ1n) is 11.3. The summed E-state index contributed by atoms with van der Waals surface area (Å²) in [6, 6.07) is 0.482. The van der Waals surface area contributed by atoms with E-state index < -0.39 is 0 Å². The maximum atomic E-state index is 13.5. The lowest BCUT2D eigenvalue weighted by molar-refractivity contribution is -0.119. The number of nitrogens with zero attached hydrogens (tertiary/aromatic N) is 4. The number of aromatic nitrogens is 2. The van der Waals surface area contributed by atoms with Crippen molar-refractivity contribution in [3.63, 3.8) is 0 Å². The van der Waals surface area contributed by atoms with Gasteiger partial charge in [0.05, 0.1) is 5.69 Å². The van der Waals surface area contributed by atoms with Crippen molar-refractivity contribution in [2.45, 2.75) is 77.4 Å². The van der Waals surface area contributed by atoms with Crippen LogP contribution >= 0.6 is 11.3 Å². The van der Waals surface area contributed by atoms with Crippen molar-refractivity contribution in [3.05, 3.63) is 23.0 Å². The number of imidazole rings is 1. The maximum Gasteiger partial charge on any atom is 0.274 e. The van der Waals surface area contributed by atoms with Crippen molar-refractivity contribution >= 4 is 28.1 Å². The summed E-state index contributed by atoms with van der Waals surface area (Å²) in [7, 11) is 0. The fourth-order valence-corrected chi connectivity index (χ4v) is 5.24. The Labute approximate surface area is 182 Å². The summed E-state index contributed by atoms with van der Waals surface area (Å²) in [6.07, 6.45) is 9.31. The maximum absolute atomic E-state index is 13.5. The Balaban J connectivity index is 1.58. The van der Waals surface area contributed by atoms with Crippen molar-refractivity contribution in [1.82, 2.24) is 24.5 Å². The largest absolute Gasteiger partial charge is 0.352 e.